The van der Waals surface area contributed by atoms with E-state index in [4.69, 9.17) is 9.84 Å². The van der Waals surface area contributed by atoms with Gasteiger partial charge in [0, 0.05) is 0 Å². The topological polar surface area (TPSA) is 29.5 Å². The SMILES string of the molecule is COc1ccc(C=Cc2ccc(CO)cc2)cc1. The first-order chi connectivity index (χ1) is 8.81. The zero-order valence-corrected chi connectivity index (χ0v) is 10.3. The molecule has 2 nitrogen and oxygen atoms in total. The molecule has 0 unspecified atom stereocenters. The van der Waals surface area contributed by atoms with E-state index in [-0.39, 0.29) is 6.61 Å². The lowest BCUT2D eigenvalue weighted by atomic mass is 10.1. The molecule has 0 aliphatic carbocycles. The molecule has 0 aromatic heterocycles. The van der Waals surface area contributed by atoms with Crippen molar-refractivity contribution >= 4 is 12.2 Å². The van der Waals surface area contributed by atoms with Gasteiger partial charge in [0.2, 0.25) is 0 Å². The van der Waals surface area contributed by atoms with Crippen molar-refractivity contribution in [2.45, 2.75) is 6.61 Å². The smallest absolute Gasteiger partial charge is 0.118 e. The molecule has 0 aliphatic heterocycles. The Kier molecular flexibility index (Phi) is 4.15. The Hall–Kier alpha value is -2.06. The molecular weight excluding hydrogens is 224 g/mol. The highest BCUT2D eigenvalue weighted by atomic mass is 16.5. The van der Waals surface area contributed by atoms with Crippen LogP contribution in [0, 0.1) is 0 Å². The number of benzene rings is 2. The third-order valence-electron chi connectivity index (χ3n) is 2.75. The van der Waals surface area contributed by atoms with Gasteiger partial charge < -0.3 is 9.84 Å². The highest BCUT2D eigenvalue weighted by molar-refractivity contribution is 5.69. The van der Waals surface area contributed by atoms with Crippen LogP contribution in [0.3, 0.4) is 0 Å². The summed E-state index contributed by atoms with van der Waals surface area (Å²) in [6.45, 7) is 0.0858. The standard InChI is InChI=1S/C16H16O2/c1-18-16-10-8-14(9-11-16)3-2-13-4-6-15(12-17)7-5-13/h2-11,17H,12H2,1H3. The molecule has 0 saturated heterocycles. The van der Waals surface area contributed by atoms with E-state index in [0.717, 1.165) is 22.4 Å². The average Bonchev–Trinajstić information content (AvgIpc) is 2.46. The number of ether oxygens (including phenoxy) is 1. The lowest BCUT2D eigenvalue weighted by molar-refractivity contribution is 0.282. The summed E-state index contributed by atoms with van der Waals surface area (Å²) in [6, 6.07) is 15.7. The number of aliphatic hydroxyl groups is 1. The second-order valence-electron chi connectivity index (χ2n) is 4.01. The minimum absolute atomic E-state index is 0.0858. The number of hydrogen-bond donors (Lipinski definition) is 1. The fourth-order valence-corrected chi connectivity index (χ4v) is 1.64. The second-order valence-corrected chi connectivity index (χ2v) is 4.01. The Morgan fingerprint density at radius 3 is 1.83 bits per heavy atom. The summed E-state index contributed by atoms with van der Waals surface area (Å²) in [7, 11) is 1.66. The molecule has 1 N–H and O–H groups in total. The molecule has 2 heteroatoms. The molecule has 0 saturated carbocycles. The van der Waals surface area contributed by atoms with Gasteiger partial charge in [-0.15, -0.1) is 0 Å². The number of methoxy groups -OCH3 is 1. The van der Waals surface area contributed by atoms with Crippen LogP contribution in [-0.4, -0.2) is 12.2 Å². The first kappa shape index (κ1) is 12.4. The van der Waals surface area contributed by atoms with E-state index in [1.807, 2.05) is 60.7 Å². The molecule has 0 spiro atoms. The van der Waals surface area contributed by atoms with Gasteiger partial charge in [-0.1, -0.05) is 48.6 Å². The summed E-state index contributed by atoms with van der Waals surface area (Å²) >= 11 is 0. The Labute approximate surface area is 107 Å². The van der Waals surface area contributed by atoms with E-state index in [1.165, 1.54) is 0 Å². The number of rotatable bonds is 4. The van der Waals surface area contributed by atoms with Gasteiger partial charge in [0.15, 0.2) is 0 Å². The molecule has 2 aromatic carbocycles. The first-order valence-electron chi connectivity index (χ1n) is 5.84. The highest BCUT2D eigenvalue weighted by Crippen LogP contribution is 2.14. The van der Waals surface area contributed by atoms with Crippen LogP contribution in [0.15, 0.2) is 48.5 Å². The summed E-state index contributed by atoms with van der Waals surface area (Å²) in [4.78, 5) is 0. The van der Waals surface area contributed by atoms with Gasteiger partial charge in [0.05, 0.1) is 13.7 Å². The highest BCUT2D eigenvalue weighted by Gasteiger charge is 1.92. The van der Waals surface area contributed by atoms with Crippen LogP contribution in [0.4, 0.5) is 0 Å². The van der Waals surface area contributed by atoms with Crippen molar-refractivity contribution in [3.05, 3.63) is 65.2 Å². The molecule has 0 amide bonds. The van der Waals surface area contributed by atoms with E-state index >= 15 is 0 Å². The van der Waals surface area contributed by atoms with Crippen molar-refractivity contribution in [2.24, 2.45) is 0 Å². The fraction of sp³-hybridized carbons (Fsp3) is 0.125. The summed E-state index contributed by atoms with van der Waals surface area (Å²) in [5, 5.41) is 8.96. The van der Waals surface area contributed by atoms with Crippen LogP contribution in [0.2, 0.25) is 0 Å². The number of hydrogen-bond acceptors (Lipinski definition) is 2. The van der Waals surface area contributed by atoms with Crippen LogP contribution >= 0.6 is 0 Å². The lowest BCUT2D eigenvalue weighted by Gasteiger charge is -2.00. The Bertz CT molecular complexity index is 460. The molecule has 2 aromatic rings. The summed E-state index contributed by atoms with van der Waals surface area (Å²) in [5.74, 6) is 0.861. The van der Waals surface area contributed by atoms with Crippen LogP contribution < -0.4 is 4.74 Å². The second kappa shape index (κ2) is 6.03. The summed E-state index contributed by atoms with van der Waals surface area (Å²) in [6.07, 6.45) is 4.09. The molecule has 0 fully saturated rings. The van der Waals surface area contributed by atoms with Gasteiger partial charge in [-0.05, 0) is 28.8 Å². The third kappa shape index (κ3) is 3.22. The Morgan fingerprint density at radius 2 is 1.39 bits per heavy atom. The first-order valence-corrected chi connectivity index (χ1v) is 5.84. The molecule has 0 aliphatic rings. The molecule has 0 heterocycles. The Balaban J connectivity index is 2.08. The minimum Gasteiger partial charge on any atom is -0.497 e. The van der Waals surface area contributed by atoms with Crippen molar-refractivity contribution in [1.29, 1.82) is 0 Å². The quantitative estimate of drug-likeness (QED) is 0.830. The average molecular weight is 240 g/mol. The predicted octanol–water partition coefficient (Wildman–Crippen LogP) is 3.36. The van der Waals surface area contributed by atoms with Gasteiger partial charge in [-0.2, -0.15) is 0 Å². The van der Waals surface area contributed by atoms with E-state index in [2.05, 4.69) is 0 Å². The zero-order chi connectivity index (χ0) is 12.8. The normalized spacial score (nSPS) is 10.8. The molecule has 0 atom stereocenters. The fourth-order valence-electron chi connectivity index (χ4n) is 1.64. The summed E-state index contributed by atoms with van der Waals surface area (Å²) < 4.78 is 5.11. The van der Waals surface area contributed by atoms with Crippen LogP contribution in [0.1, 0.15) is 16.7 Å². The van der Waals surface area contributed by atoms with E-state index in [9.17, 15) is 0 Å². The molecular formula is C16H16O2. The Morgan fingerprint density at radius 1 is 0.889 bits per heavy atom. The van der Waals surface area contributed by atoms with Crippen LogP contribution in [0.25, 0.3) is 12.2 Å². The van der Waals surface area contributed by atoms with Gasteiger partial charge in [0.1, 0.15) is 5.75 Å². The maximum absolute atomic E-state index is 8.96. The van der Waals surface area contributed by atoms with Crippen molar-refractivity contribution in [3.8, 4) is 5.75 Å². The van der Waals surface area contributed by atoms with Gasteiger partial charge in [0.25, 0.3) is 0 Å². The van der Waals surface area contributed by atoms with Crippen LogP contribution in [0.5, 0.6) is 5.75 Å². The van der Waals surface area contributed by atoms with Gasteiger partial charge in [-0.25, -0.2) is 0 Å². The third-order valence-corrected chi connectivity index (χ3v) is 2.75. The molecule has 92 valence electrons. The van der Waals surface area contributed by atoms with Crippen molar-refractivity contribution < 1.29 is 9.84 Å². The van der Waals surface area contributed by atoms with Gasteiger partial charge in [-0.3, -0.25) is 0 Å². The van der Waals surface area contributed by atoms with E-state index in [1.54, 1.807) is 7.11 Å². The van der Waals surface area contributed by atoms with Crippen molar-refractivity contribution in [2.75, 3.05) is 7.11 Å². The summed E-state index contributed by atoms with van der Waals surface area (Å²) in [5.41, 5.74) is 3.17. The molecule has 0 bridgehead atoms. The molecule has 0 radical (unpaired) electrons. The molecule has 18 heavy (non-hydrogen) atoms. The predicted molar refractivity (Wildman–Crippen MR) is 74.3 cm³/mol. The lowest BCUT2D eigenvalue weighted by Crippen LogP contribution is -1.82. The maximum atomic E-state index is 8.96. The van der Waals surface area contributed by atoms with E-state index in [0.29, 0.717) is 0 Å². The van der Waals surface area contributed by atoms with E-state index < -0.39 is 0 Å². The van der Waals surface area contributed by atoms with Crippen LogP contribution in [-0.2, 0) is 6.61 Å². The largest absolute Gasteiger partial charge is 0.497 e. The van der Waals surface area contributed by atoms with Gasteiger partial charge >= 0.3 is 0 Å². The monoisotopic (exact) mass is 240 g/mol. The zero-order valence-electron chi connectivity index (χ0n) is 10.3. The van der Waals surface area contributed by atoms with Crippen molar-refractivity contribution in [1.82, 2.24) is 0 Å². The minimum atomic E-state index is 0.0858. The van der Waals surface area contributed by atoms with Crippen molar-refractivity contribution in [3.63, 3.8) is 0 Å². The number of aliphatic hydroxyl groups excluding tert-OH is 1. The maximum Gasteiger partial charge on any atom is 0.118 e. The molecule has 2 rings (SSSR count).